The lowest BCUT2D eigenvalue weighted by molar-refractivity contribution is -0.385. The van der Waals surface area contributed by atoms with E-state index in [1.54, 1.807) is 4.90 Å². The smallest absolute Gasteiger partial charge is 0.410 e. The summed E-state index contributed by atoms with van der Waals surface area (Å²) in [7, 11) is 0. The Hall–Kier alpha value is -2.58. The van der Waals surface area contributed by atoms with E-state index in [9.17, 15) is 19.7 Å². The van der Waals surface area contributed by atoms with Crippen LogP contribution in [0, 0.1) is 10.1 Å². The van der Waals surface area contributed by atoms with E-state index in [0.29, 0.717) is 19.5 Å². The fourth-order valence-corrected chi connectivity index (χ4v) is 3.01. The van der Waals surface area contributed by atoms with E-state index in [-0.39, 0.29) is 18.0 Å². The third-order valence-electron chi connectivity index (χ3n) is 4.15. The normalized spacial score (nSPS) is 17.7. The summed E-state index contributed by atoms with van der Waals surface area (Å²) in [5, 5.41) is 14.0. The van der Waals surface area contributed by atoms with Gasteiger partial charge in [0, 0.05) is 31.4 Å². The number of nitrogens with zero attached hydrogens (tertiary/aromatic N) is 2. The molecule has 1 aromatic heterocycles. The lowest BCUT2D eigenvalue weighted by Gasteiger charge is -2.36. The molecule has 1 fully saturated rings. The first-order chi connectivity index (χ1) is 12.2. The Kier molecular flexibility index (Phi) is 6.23. The third kappa shape index (κ3) is 5.21. The highest BCUT2D eigenvalue weighted by Crippen LogP contribution is 2.23. The summed E-state index contributed by atoms with van der Waals surface area (Å²) in [5.41, 5.74) is -1.70. The van der Waals surface area contributed by atoms with Gasteiger partial charge < -0.3 is 19.9 Å². The van der Waals surface area contributed by atoms with Crippen molar-refractivity contribution in [1.29, 1.82) is 0 Å². The maximum Gasteiger partial charge on any atom is 0.410 e. The molecule has 2 rings (SSSR count). The van der Waals surface area contributed by atoms with Gasteiger partial charge in [-0.2, -0.15) is 0 Å². The quantitative estimate of drug-likeness (QED) is 0.611. The molecule has 1 aliphatic rings. The number of H-pyrrole nitrogens is 1. The zero-order chi connectivity index (χ0) is 19.3. The van der Waals surface area contributed by atoms with E-state index in [4.69, 9.17) is 4.74 Å². The molecule has 26 heavy (non-hydrogen) atoms. The molecule has 1 saturated heterocycles. The monoisotopic (exact) mass is 366 g/mol. The summed E-state index contributed by atoms with van der Waals surface area (Å²) in [5.74, 6) is 0.0853. The lowest BCUT2D eigenvalue weighted by Crippen LogP contribution is -2.46. The molecular weight excluding hydrogens is 340 g/mol. The number of nitro groups is 1. The van der Waals surface area contributed by atoms with Crippen LogP contribution in [0.25, 0.3) is 0 Å². The van der Waals surface area contributed by atoms with E-state index >= 15 is 0 Å². The molecule has 2 N–H and O–H groups in total. The summed E-state index contributed by atoms with van der Waals surface area (Å²) < 4.78 is 5.47. The number of nitrogens with one attached hydrogen (secondary N) is 2. The summed E-state index contributed by atoms with van der Waals surface area (Å²) in [4.78, 5) is 38.8. The number of aromatic nitrogens is 1. The number of hydrogen-bond donors (Lipinski definition) is 2. The molecule has 1 aromatic rings. The SMILES string of the molecule is CC(C)(C)OC(=O)N1CCCCC1CCNc1[nH]ccc(=O)c1[N+](=O)[O-]. The Morgan fingerprint density at radius 3 is 2.85 bits per heavy atom. The van der Waals surface area contributed by atoms with Gasteiger partial charge in [0.2, 0.25) is 0 Å². The van der Waals surface area contributed by atoms with E-state index in [0.717, 1.165) is 25.3 Å². The van der Waals surface area contributed by atoms with Crippen molar-refractivity contribution in [3.8, 4) is 0 Å². The Morgan fingerprint density at radius 1 is 1.46 bits per heavy atom. The largest absolute Gasteiger partial charge is 0.444 e. The topological polar surface area (TPSA) is 118 Å². The summed E-state index contributed by atoms with van der Waals surface area (Å²) in [6.07, 6.45) is 4.45. The predicted molar refractivity (Wildman–Crippen MR) is 97.4 cm³/mol. The van der Waals surface area contributed by atoms with Crippen LogP contribution in [0.4, 0.5) is 16.3 Å². The number of anilines is 1. The number of piperidine rings is 1. The Bertz CT molecular complexity index is 710. The molecule has 2 heterocycles. The van der Waals surface area contributed by atoms with Crippen LogP contribution in [-0.4, -0.2) is 45.6 Å². The molecule has 0 saturated carbocycles. The van der Waals surface area contributed by atoms with Crippen LogP contribution in [0.1, 0.15) is 46.5 Å². The number of likely N-dealkylation sites (tertiary alicyclic amines) is 1. The van der Waals surface area contributed by atoms with E-state index in [1.165, 1.54) is 6.20 Å². The number of pyridine rings is 1. The number of carbonyl (C=O) groups excluding carboxylic acids is 1. The standard InChI is InChI=1S/C17H26N4O5/c1-17(2,3)26-16(23)20-11-5-4-6-12(20)7-9-18-15-14(21(24)25)13(22)8-10-19-15/h8,10,12H,4-7,9,11H2,1-3H3,(H2,18,19,22). The maximum atomic E-state index is 12.4. The first-order valence-electron chi connectivity index (χ1n) is 8.78. The minimum atomic E-state index is -0.700. The number of carbonyl (C=O) groups is 1. The number of amides is 1. The van der Waals surface area contributed by atoms with Gasteiger partial charge in [-0.3, -0.25) is 14.9 Å². The highest BCUT2D eigenvalue weighted by Gasteiger charge is 2.30. The van der Waals surface area contributed by atoms with Crippen LogP contribution < -0.4 is 10.7 Å². The van der Waals surface area contributed by atoms with Gasteiger partial charge in [-0.1, -0.05) is 0 Å². The third-order valence-corrected chi connectivity index (χ3v) is 4.15. The fourth-order valence-electron chi connectivity index (χ4n) is 3.01. The molecule has 144 valence electrons. The second kappa shape index (κ2) is 8.20. The van der Waals surface area contributed by atoms with Crippen molar-refractivity contribution in [2.45, 2.75) is 58.1 Å². The lowest BCUT2D eigenvalue weighted by atomic mass is 10.00. The second-order valence-electron chi connectivity index (χ2n) is 7.36. The summed E-state index contributed by atoms with van der Waals surface area (Å²) in [6.45, 7) is 6.52. The van der Waals surface area contributed by atoms with Gasteiger partial charge in [0.1, 0.15) is 5.60 Å². The van der Waals surface area contributed by atoms with E-state index in [1.807, 2.05) is 20.8 Å². The van der Waals surface area contributed by atoms with Crippen molar-refractivity contribution in [2.24, 2.45) is 0 Å². The Labute approximate surface area is 151 Å². The van der Waals surface area contributed by atoms with Crippen LogP contribution in [0.3, 0.4) is 0 Å². The van der Waals surface area contributed by atoms with Gasteiger partial charge in [0.25, 0.3) is 5.43 Å². The molecule has 0 aromatic carbocycles. The molecule has 1 unspecified atom stereocenters. The molecule has 0 spiro atoms. The molecule has 1 atom stereocenters. The number of aromatic amines is 1. The molecule has 1 aliphatic heterocycles. The van der Waals surface area contributed by atoms with Crippen molar-refractivity contribution < 1.29 is 14.5 Å². The van der Waals surface area contributed by atoms with Crippen molar-refractivity contribution in [2.75, 3.05) is 18.4 Å². The second-order valence-corrected chi connectivity index (χ2v) is 7.36. The predicted octanol–water partition coefficient (Wildman–Crippen LogP) is 2.87. The Balaban J connectivity index is 1.99. The van der Waals surface area contributed by atoms with E-state index in [2.05, 4.69) is 10.3 Å². The van der Waals surface area contributed by atoms with Crippen LogP contribution >= 0.6 is 0 Å². The van der Waals surface area contributed by atoms with Gasteiger partial charge in [-0.15, -0.1) is 0 Å². The van der Waals surface area contributed by atoms with E-state index < -0.39 is 21.6 Å². The highest BCUT2D eigenvalue weighted by atomic mass is 16.6. The van der Waals surface area contributed by atoms with Crippen molar-refractivity contribution in [3.05, 3.63) is 32.6 Å². The summed E-state index contributed by atoms with van der Waals surface area (Å²) in [6, 6.07) is 1.12. The molecular formula is C17H26N4O5. The zero-order valence-electron chi connectivity index (χ0n) is 15.4. The van der Waals surface area contributed by atoms with Crippen molar-refractivity contribution >= 4 is 17.6 Å². The average molecular weight is 366 g/mol. The van der Waals surface area contributed by atoms with Gasteiger partial charge in [0.05, 0.1) is 4.92 Å². The summed E-state index contributed by atoms with van der Waals surface area (Å²) >= 11 is 0. The first-order valence-corrected chi connectivity index (χ1v) is 8.78. The zero-order valence-corrected chi connectivity index (χ0v) is 15.4. The van der Waals surface area contributed by atoms with Crippen LogP contribution in [0.2, 0.25) is 0 Å². The molecule has 0 radical (unpaired) electrons. The molecule has 0 aliphatic carbocycles. The fraction of sp³-hybridized carbons (Fsp3) is 0.647. The first kappa shape index (κ1) is 19.7. The molecule has 9 heteroatoms. The van der Waals surface area contributed by atoms with Crippen LogP contribution in [0.5, 0.6) is 0 Å². The molecule has 0 bridgehead atoms. The molecule has 1 amide bonds. The molecule has 9 nitrogen and oxygen atoms in total. The minimum Gasteiger partial charge on any atom is -0.444 e. The van der Waals surface area contributed by atoms with Gasteiger partial charge >= 0.3 is 11.8 Å². The minimum absolute atomic E-state index is 0.000547. The van der Waals surface area contributed by atoms with Gasteiger partial charge in [-0.25, -0.2) is 4.79 Å². The van der Waals surface area contributed by atoms with Gasteiger partial charge in [-0.05, 0) is 46.5 Å². The number of hydrogen-bond acceptors (Lipinski definition) is 6. The van der Waals surface area contributed by atoms with Gasteiger partial charge in [0.15, 0.2) is 5.82 Å². The number of ether oxygens (including phenoxy) is 1. The van der Waals surface area contributed by atoms with Crippen LogP contribution in [-0.2, 0) is 4.74 Å². The average Bonchev–Trinajstić information content (AvgIpc) is 2.53. The Morgan fingerprint density at radius 2 is 2.19 bits per heavy atom. The maximum absolute atomic E-state index is 12.4. The van der Waals surface area contributed by atoms with Crippen molar-refractivity contribution in [3.63, 3.8) is 0 Å². The number of rotatable bonds is 5. The highest BCUT2D eigenvalue weighted by molar-refractivity contribution is 5.68. The van der Waals surface area contributed by atoms with Crippen molar-refractivity contribution in [1.82, 2.24) is 9.88 Å². The van der Waals surface area contributed by atoms with Crippen LogP contribution in [0.15, 0.2) is 17.1 Å².